The molecule has 1 aromatic heterocycles. The van der Waals surface area contributed by atoms with Crippen LogP contribution in [0.2, 0.25) is 0 Å². The first-order valence-electron chi connectivity index (χ1n) is 8.41. The Labute approximate surface area is 144 Å². The highest BCUT2D eigenvalue weighted by Crippen LogP contribution is 2.25. The van der Waals surface area contributed by atoms with Gasteiger partial charge in [0.15, 0.2) is 5.76 Å². The summed E-state index contributed by atoms with van der Waals surface area (Å²) >= 11 is 0. The van der Waals surface area contributed by atoms with E-state index in [1.807, 2.05) is 29.2 Å². The van der Waals surface area contributed by atoms with Crippen molar-refractivity contribution in [2.24, 2.45) is 5.92 Å². The maximum Gasteiger partial charge on any atom is 0.317 e. The lowest BCUT2D eigenvalue weighted by Crippen LogP contribution is -2.47. The number of amides is 1. The molecule has 2 aliphatic rings. The summed E-state index contributed by atoms with van der Waals surface area (Å²) in [6, 6.07) is 9.12. The zero-order valence-corrected chi connectivity index (χ0v) is 13.8. The minimum atomic E-state index is -0.851. The van der Waals surface area contributed by atoms with Gasteiger partial charge in [-0.05, 0) is 12.1 Å². The van der Waals surface area contributed by atoms with E-state index in [-0.39, 0.29) is 24.4 Å². The van der Waals surface area contributed by atoms with Crippen LogP contribution in [0.25, 0.3) is 11.0 Å². The van der Waals surface area contributed by atoms with Crippen molar-refractivity contribution in [3.63, 3.8) is 0 Å². The van der Waals surface area contributed by atoms with E-state index in [1.165, 1.54) is 0 Å². The number of para-hydroxylation sites is 1. The van der Waals surface area contributed by atoms with Crippen LogP contribution in [0.3, 0.4) is 0 Å². The predicted octanol–water partition coefficient (Wildman–Crippen LogP) is 1.29. The average Bonchev–Trinajstić information content (AvgIpc) is 2.80. The molecular formula is C18H20N2O5. The Bertz CT molecular complexity index is 769. The highest BCUT2D eigenvalue weighted by molar-refractivity contribution is 5.96. The first-order chi connectivity index (χ1) is 12.1. The van der Waals surface area contributed by atoms with Crippen LogP contribution >= 0.6 is 0 Å². The second-order valence-electron chi connectivity index (χ2n) is 6.75. The molecule has 0 saturated carbocycles. The largest absolute Gasteiger partial charge is 0.480 e. The van der Waals surface area contributed by atoms with Gasteiger partial charge < -0.3 is 19.2 Å². The van der Waals surface area contributed by atoms with E-state index >= 15 is 0 Å². The van der Waals surface area contributed by atoms with Crippen LogP contribution in [-0.4, -0.2) is 72.2 Å². The summed E-state index contributed by atoms with van der Waals surface area (Å²) in [4.78, 5) is 27.8. The first-order valence-corrected chi connectivity index (χ1v) is 8.41. The van der Waals surface area contributed by atoms with Crippen LogP contribution in [0.1, 0.15) is 10.6 Å². The maximum atomic E-state index is 13.0. The Hall–Kier alpha value is -2.38. The van der Waals surface area contributed by atoms with Crippen molar-refractivity contribution in [2.75, 3.05) is 39.4 Å². The molecule has 7 heteroatoms. The number of carbonyl (C=O) groups is 2. The summed E-state index contributed by atoms with van der Waals surface area (Å²) in [5.74, 6) is -0.594. The van der Waals surface area contributed by atoms with Gasteiger partial charge in [0, 0.05) is 30.9 Å². The SMILES string of the molecule is O=C(O)CN1C[C@@H]2COC[C@H](C1)N(C(=O)c1cc3ccccc3o1)C2. The van der Waals surface area contributed by atoms with Gasteiger partial charge in [0.1, 0.15) is 5.58 Å². The third-order valence-corrected chi connectivity index (χ3v) is 4.80. The topological polar surface area (TPSA) is 83.2 Å². The molecule has 4 rings (SSSR count). The van der Waals surface area contributed by atoms with Gasteiger partial charge >= 0.3 is 5.97 Å². The first kappa shape index (κ1) is 16.1. The van der Waals surface area contributed by atoms with Crippen molar-refractivity contribution >= 4 is 22.8 Å². The quantitative estimate of drug-likeness (QED) is 0.903. The van der Waals surface area contributed by atoms with Crippen LogP contribution in [0.4, 0.5) is 0 Å². The number of nitrogens with zero attached hydrogens (tertiary/aromatic N) is 2. The molecule has 1 aromatic carbocycles. The van der Waals surface area contributed by atoms with Crippen molar-refractivity contribution in [3.8, 4) is 0 Å². The van der Waals surface area contributed by atoms with E-state index in [0.717, 1.165) is 5.39 Å². The van der Waals surface area contributed by atoms with Gasteiger partial charge in [0.25, 0.3) is 5.91 Å². The molecule has 7 nitrogen and oxygen atoms in total. The van der Waals surface area contributed by atoms with Crippen LogP contribution in [0.5, 0.6) is 0 Å². The number of hydrogen-bond donors (Lipinski definition) is 1. The van der Waals surface area contributed by atoms with Gasteiger partial charge in [0.05, 0.1) is 25.8 Å². The molecule has 2 fully saturated rings. The number of ether oxygens (including phenoxy) is 1. The lowest BCUT2D eigenvalue weighted by Gasteiger charge is -2.30. The second kappa shape index (κ2) is 6.50. The minimum absolute atomic E-state index is 0.0142. The number of carboxylic acids is 1. The van der Waals surface area contributed by atoms with Crippen molar-refractivity contribution < 1.29 is 23.8 Å². The molecule has 1 amide bonds. The number of fused-ring (bicyclic) bond motifs is 4. The van der Waals surface area contributed by atoms with E-state index in [0.29, 0.717) is 44.2 Å². The molecule has 1 N–H and O–H groups in total. The van der Waals surface area contributed by atoms with Crippen molar-refractivity contribution in [1.29, 1.82) is 0 Å². The van der Waals surface area contributed by atoms with Crippen molar-refractivity contribution in [1.82, 2.24) is 9.80 Å². The van der Waals surface area contributed by atoms with Gasteiger partial charge in [-0.15, -0.1) is 0 Å². The average molecular weight is 344 g/mol. The Morgan fingerprint density at radius 2 is 2.00 bits per heavy atom. The van der Waals surface area contributed by atoms with Gasteiger partial charge in [-0.25, -0.2) is 0 Å². The summed E-state index contributed by atoms with van der Waals surface area (Å²) < 4.78 is 11.4. The third-order valence-electron chi connectivity index (χ3n) is 4.80. The number of rotatable bonds is 3. The molecule has 132 valence electrons. The molecule has 0 radical (unpaired) electrons. The molecule has 0 aliphatic carbocycles. The fraction of sp³-hybridized carbons (Fsp3) is 0.444. The number of carbonyl (C=O) groups excluding carboxylic acids is 1. The zero-order valence-electron chi connectivity index (χ0n) is 13.8. The molecule has 2 saturated heterocycles. The molecule has 0 unspecified atom stereocenters. The van der Waals surface area contributed by atoms with Gasteiger partial charge in [-0.2, -0.15) is 0 Å². The van der Waals surface area contributed by atoms with Crippen molar-refractivity contribution in [2.45, 2.75) is 6.04 Å². The Morgan fingerprint density at radius 1 is 1.16 bits per heavy atom. The smallest absolute Gasteiger partial charge is 0.317 e. The normalized spacial score (nSPS) is 24.2. The van der Waals surface area contributed by atoms with Crippen LogP contribution < -0.4 is 0 Å². The standard InChI is InChI=1S/C18H20N2O5/c21-17(22)9-19-6-12-7-20(14(8-19)11-24-10-12)18(23)16-5-13-3-1-2-4-15(13)25-16/h1-5,12,14H,6-11H2,(H,21,22)/t12-,14-/m0/s1. The number of aliphatic carboxylic acids is 1. The molecular weight excluding hydrogens is 324 g/mol. The van der Waals surface area contributed by atoms with Gasteiger partial charge in [-0.3, -0.25) is 14.5 Å². The molecule has 0 spiro atoms. The third kappa shape index (κ3) is 3.25. The number of carboxylic acid groups (broad SMARTS) is 1. The summed E-state index contributed by atoms with van der Waals surface area (Å²) in [6.45, 7) is 2.60. The minimum Gasteiger partial charge on any atom is -0.480 e. The summed E-state index contributed by atoms with van der Waals surface area (Å²) in [5, 5.41) is 9.98. The van der Waals surface area contributed by atoms with E-state index < -0.39 is 5.97 Å². The van der Waals surface area contributed by atoms with Crippen LogP contribution in [0.15, 0.2) is 34.7 Å². The Balaban J connectivity index is 1.60. The summed E-state index contributed by atoms with van der Waals surface area (Å²) in [6.07, 6.45) is 0. The molecule has 2 bridgehead atoms. The number of furan rings is 1. The van der Waals surface area contributed by atoms with E-state index in [2.05, 4.69) is 0 Å². The summed E-state index contributed by atoms with van der Waals surface area (Å²) in [5.41, 5.74) is 0.687. The van der Waals surface area contributed by atoms with Crippen LogP contribution in [-0.2, 0) is 9.53 Å². The number of hydrogen-bond acceptors (Lipinski definition) is 5. The van der Waals surface area contributed by atoms with E-state index in [9.17, 15) is 9.59 Å². The van der Waals surface area contributed by atoms with E-state index in [1.54, 1.807) is 11.0 Å². The van der Waals surface area contributed by atoms with Crippen molar-refractivity contribution in [3.05, 3.63) is 36.1 Å². The Morgan fingerprint density at radius 3 is 2.80 bits per heavy atom. The Kier molecular flexibility index (Phi) is 4.19. The predicted molar refractivity (Wildman–Crippen MR) is 89.4 cm³/mol. The molecule has 2 aliphatic heterocycles. The molecule has 2 atom stereocenters. The highest BCUT2D eigenvalue weighted by atomic mass is 16.5. The molecule has 2 aromatic rings. The fourth-order valence-electron chi connectivity index (χ4n) is 3.74. The van der Waals surface area contributed by atoms with Gasteiger partial charge in [0.2, 0.25) is 0 Å². The lowest BCUT2D eigenvalue weighted by atomic mass is 10.1. The highest BCUT2D eigenvalue weighted by Gasteiger charge is 2.37. The molecule has 3 heterocycles. The van der Waals surface area contributed by atoms with Gasteiger partial charge in [-0.1, -0.05) is 18.2 Å². The number of benzene rings is 1. The molecule has 25 heavy (non-hydrogen) atoms. The second-order valence-corrected chi connectivity index (χ2v) is 6.75. The zero-order chi connectivity index (χ0) is 17.4. The van der Waals surface area contributed by atoms with Crippen LogP contribution in [0, 0.1) is 5.92 Å². The fourth-order valence-corrected chi connectivity index (χ4v) is 3.74. The maximum absolute atomic E-state index is 13.0. The van der Waals surface area contributed by atoms with E-state index in [4.69, 9.17) is 14.3 Å². The monoisotopic (exact) mass is 344 g/mol. The lowest BCUT2D eigenvalue weighted by molar-refractivity contribution is -0.138. The summed E-state index contributed by atoms with van der Waals surface area (Å²) in [7, 11) is 0.